The Hall–Kier alpha value is -1.45. The SMILES string of the molecule is CC(N[S@@+]([O-])C(C)(C)C)c1cc(NC(=O)O)cc(C(F)F)n1. The van der Waals surface area contributed by atoms with Crippen molar-refractivity contribution in [2.24, 2.45) is 0 Å². The average Bonchev–Trinajstić information content (AvgIpc) is 2.36. The first-order valence-corrected chi connectivity index (χ1v) is 7.63. The molecule has 0 fully saturated rings. The molecule has 1 heterocycles. The van der Waals surface area contributed by atoms with Gasteiger partial charge in [0.1, 0.15) is 10.4 Å². The minimum absolute atomic E-state index is 0.0111. The van der Waals surface area contributed by atoms with E-state index >= 15 is 0 Å². The van der Waals surface area contributed by atoms with Crippen LogP contribution >= 0.6 is 0 Å². The third-order valence-electron chi connectivity index (χ3n) is 2.62. The summed E-state index contributed by atoms with van der Waals surface area (Å²) in [4.78, 5) is 14.5. The third kappa shape index (κ3) is 5.39. The maximum atomic E-state index is 12.9. The number of alkyl halides is 2. The van der Waals surface area contributed by atoms with Gasteiger partial charge in [-0.3, -0.25) is 5.32 Å². The molecule has 0 aliphatic rings. The second-order valence-electron chi connectivity index (χ2n) is 5.66. The Morgan fingerprint density at radius 2 is 1.91 bits per heavy atom. The number of nitrogens with zero attached hydrogens (tertiary/aromatic N) is 1. The number of hydrogen-bond donors (Lipinski definition) is 3. The van der Waals surface area contributed by atoms with Crippen LogP contribution in [-0.4, -0.2) is 25.5 Å². The van der Waals surface area contributed by atoms with E-state index in [-0.39, 0.29) is 11.4 Å². The van der Waals surface area contributed by atoms with Crippen molar-refractivity contribution in [1.82, 2.24) is 9.71 Å². The van der Waals surface area contributed by atoms with Gasteiger partial charge in [-0.15, -0.1) is 4.72 Å². The van der Waals surface area contributed by atoms with Gasteiger partial charge in [0.2, 0.25) is 0 Å². The molecule has 0 bridgehead atoms. The standard InChI is InChI=1S/C13H19F2N3O3S/c1-7(18-22(21)13(2,3)4)9-5-8(16-12(19)20)6-10(17-9)11(14)15/h5-7,11,18H,1-4H3,(H,16,17)(H,19,20)/t7?,22-/m0/s1. The molecule has 0 spiro atoms. The zero-order valence-electron chi connectivity index (χ0n) is 12.7. The second-order valence-corrected chi connectivity index (χ2v) is 7.65. The Labute approximate surface area is 130 Å². The fourth-order valence-corrected chi connectivity index (χ4v) is 2.30. The second kappa shape index (κ2) is 7.21. The molecule has 1 rings (SSSR count). The lowest BCUT2D eigenvalue weighted by Gasteiger charge is -2.26. The number of carbonyl (C=O) groups is 1. The van der Waals surface area contributed by atoms with Crippen molar-refractivity contribution in [2.45, 2.75) is 44.9 Å². The number of hydrogen-bond acceptors (Lipinski definition) is 4. The lowest BCUT2D eigenvalue weighted by molar-refractivity contribution is 0.145. The highest BCUT2D eigenvalue weighted by molar-refractivity contribution is 7.90. The molecule has 0 saturated carbocycles. The molecule has 1 aromatic heterocycles. The predicted molar refractivity (Wildman–Crippen MR) is 80.3 cm³/mol. The predicted octanol–water partition coefficient (Wildman–Crippen LogP) is 3.22. The Morgan fingerprint density at radius 1 is 1.36 bits per heavy atom. The van der Waals surface area contributed by atoms with Crippen LogP contribution in [0.25, 0.3) is 0 Å². The summed E-state index contributed by atoms with van der Waals surface area (Å²) in [5, 5.41) is 10.7. The molecule has 1 unspecified atom stereocenters. The van der Waals surface area contributed by atoms with Gasteiger partial charge in [-0.1, -0.05) is 0 Å². The zero-order chi connectivity index (χ0) is 17.1. The number of rotatable bonds is 5. The summed E-state index contributed by atoms with van der Waals surface area (Å²) in [7, 11) is 0. The van der Waals surface area contributed by atoms with Gasteiger partial charge in [-0.25, -0.2) is 18.6 Å². The van der Waals surface area contributed by atoms with Gasteiger partial charge in [0.25, 0.3) is 6.43 Å². The molecular formula is C13H19F2N3O3S. The largest absolute Gasteiger partial charge is 0.598 e. The number of carboxylic acid groups (broad SMARTS) is 1. The van der Waals surface area contributed by atoms with Crippen molar-refractivity contribution in [2.75, 3.05) is 5.32 Å². The smallest absolute Gasteiger partial charge is 0.409 e. The first kappa shape index (κ1) is 18.6. The molecule has 0 radical (unpaired) electrons. The molecule has 22 heavy (non-hydrogen) atoms. The van der Waals surface area contributed by atoms with E-state index in [9.17, 15) is 18.1 Å². The van der Waals surface area contributed by atoms with E-state index in [4.69, 9.17) is 5.11 Å². The number of pyridine rings is 1. The van der Waals surface area contributed by atoms with Crippen LogP contribution in [0.4, 0.5) is 19.3 Å². The van der Waals surface area contributed by atoms with Crippen LogP contribution in [0.3, 0.4) is 0 Å². The van der Waals surface area contributed by atoms with Crippen LogP contribution in [0.2, 0.25) is 0 Å². The minimum atomic E-state index is -2.84. The lowest BCUT2D eigenvalue weighted by Crippen LogP contribution is -2.40. The molecule has 0 aliphatic heterocycles. The van der Waals surface area contributed by atoms with Gasteiger partial charge in [-0.05, 0) is 39.8 Å². The highest BCUT2D eigenvalue weighted by Gasteiger charge is 2.29. The fraction of sp³-hybridized carbons (Fsp3) is 0.538. The number of halogens is 2. The zero-order valence-corrected chi connectivity index (χ0v) is 13.5. The van der Waals surface area contributed by atoms with E-state index in [2.05, 4.69) is 9.71 Å². The summed E-state index contributed by atoms with van der Waals surface area (Å²) in [6.45, 7) is 6.92. The molecule has 2 atom stereocenters. The van der Waals surface area contributed by atoms with Crippen molar-refractivity contribution in [3.63, 3.8) is 0 Å². The van der Waals surface area contributed by atoms with Gasteiger partial charge in [0.15, 0.2) is 0 Å². The van der Waals surface area contributed by atoms with E-state index in [1.54, 1.807) is 27.7 Å². The molecule has 1 amide bonds. The van der Waals surface area contributed by atoms with Gasteiger partial charge >= 0.3 is 6.09 Å². The van der Waals surface area contributed by atoms with Gasteiger partial charge in [-0.2, -0.15) is 0 Å². The third-order valence-corrected chi connectivity index (χ3v) is 4.30. The molecule has 3 N–H and O–H groups in total. The normalized spacial score (nSPS) is 14.7. The van der Waals surface area contributed by atoms with Crippen molar-refractivity contribution < 1.29 is 23.2 Å². The molecule has 0 saturated heterocycles. The summed E-state index contributed by atoms with van der Waals surface area (Å²) in [6.07, 6.45) is -4.20. The molecule has 0 aromatic carbocycles. The maximum Gasteiger partial charge on any atom is 0.409 e. The van der Waals surface area contributed by atoms with Gasteiger partial charge in [0, 0.05) is 17.0 Å². The van der Waals surface area contributed by atoms with Crippen molar-refractivity contribution in [1.29, 1.82) is 0 Å². The highest BCUT2D eigenvalue weighted by Crippen LogP contribution is 2.25. The van der Waals surface area contributed by atoms with E-state index in [1.165, 1.54) is 6.07 Å². The molecule has 1 aromatic rings. The summed E-state index contributed by atoms with van der Waals surface area (Å²) in [5.41, 5.74) is -0.376. The van der Waals surface area contributed by atoms with Gasteiger partial charge in [0.05, 0.1) is 11.7 Å². The van der Waals surface area contributed by atoms with Gasteiger partial charge < -0.3 is 9.66 Å². The highest BCUT2D eigenvalue weighted by atomic mass is 32.2. The number of aromatic nitrogens is 1. The van der Waals surface area contributed by atoms with Crippen LogP contribution in [0, 0.1) is 0 Å². The van der Waals surface area contributed by atoms with Crippen LogP contribution in [-0.2, 0) is 11.4 Å². The van der Waals surface area contributed by atoms with Crippen LogP contribution < -0.4 is 10.0 Å². The van der Waals surface area contributed by atoms with Crippen LogP contribution in [0.1, 0.15) is 51.6 Å². The number of nitrogens with one attached hydrogen (secondary N) is 2. The van der Waals surface area contributed by atoms with Crippen LogP contribution in [0.5, 0.6) is 0 Å². The van der Waals surface area contributed by atoms with Crippen molar-refractivity contribution in [3.05, 3.63) is 23.5 Å². The van der Waals surface area contributed by atoms with E-state index in [1.807, 2.05) is 5.32 Å². The summed E-state index contributed by atoms with van der Waals surface area (Å²) < 4.78 is 40.0. The Balaban J connectivity index is 3.06. The molecule has 6 nitrogen and oxygen atoms in total. The first-order valence-electron chi connectivity index (χ1n) is 6.48. The monoisotopic (exact) mass is 335 g/mol. The molecular weight excluding hydrogens is 316 g/mol. The number of anilines is 1. The Kier molecular flexibility index (Phi) is 6.09. The average molecular weight is 335 g/mol. The van der Waals surface area contributed by atoms with E-state index in [0.29, 0.717) is 0 Å². The Bertz CT molecular complexity index is 538. The molecule has 124 valence electrons. The molecule has 9 heteroatoms. The first-order chi connectivity index (χ1) is 10.0. The molecule has 0 aliphatic carbocycles. The maximum absolute atomic E-state index is 12.9. The quantitative estimate of drug-likeness (QED) is 0.718. The Morgan fingerprint density at radius 3 is 2.36 bits per heavy atom. The summed E-state index contributed by atoms with van der Waals surface area (Å²) in [6, 6.07) is 1.71. The minimum Gasteiger partial charge on any atom is -0.598 e. The van der Waals surface area contributed by atoms with Crippen LogP contribution in [0.15, 0.2) is 12.1 Å². The van der Waals surface area contributed by atoms with Crippen molar-refractivity contribution >= 4 is 23.1 Å². The summed E-state index contributed by atoms with van der Waals surface area (Å²) in [5.74, 6) is 0. The topological polar surface area (TPSA) is 97.3 Å². The van der Waals surface area contributed by atoms with E-state index in [0.717, 1.165) is 6.07 Å². The lowest BCUT2D eigenvalue weighted by atomic mass is 10.2. The fourth-order valence-electron chi connectivity index (χ4n) is 1.50. The van der Waals surface area contributed by atoms with E-state index < -0.39 is 40.4 Å². The summed E-state index contributed by atoms with van der Waals surface area (Å²) >= 11 is -1.42. The van der Waals surface area contributed by atoms with Crippen molar-refractivity contribution in [3.8, 4) is 0 Å². The number of amides is 1.